The van der Waals surface area contributed by atoms with E-state index in [2.05, 4.69) is 15.9 Å². The van der Waals surface area contributed by atoms with Crippen LogP contribution in [0, 0.1) is 11.6 Å². The molecule has 1 N–H and O–H groups in total. The van der Waals surface area contributed by atoms with E-state index in [0.717, 1.165) is 12.1 Å². The minimum atomic E-state index is -1.90. The molecular formula is C8H3BrF2O3. The van der Waals surface area contributed by atoms with Gasteiger partial charge in [-0.1, -0.05) is 15.9 Å². The van der Waals surface area contributed by atoms with E-state index in [1.165, 1.54) is 0 Å². The molecule has 14 heavy (non-hydrogen) atoms. The molecule has 0 radical (unpaired) electrons. The van der Waals surface area contributed by atoms with Gasteiger partial charge < -0.3 is 5.11 Å². The summed E-state index contributed by atoms with van der Waals surface area (Å²) in [6, 6.07) is 1.64. The third-order valence-electron chi connectivity index (χ3n) is 1.43. The first-order chi connectivity index (χ1) is 6.43. The van der Waals surface area contributed by atoms with E-state index in [-0.39, 0.29) is 4.47 Å². The Balaban J connectivity index is 3.35. The van der Waals surface area contributed by atoms with Crippen LogP contribution in [0.15, 0.2) is 16.6 Å². The van der Waals surface area contributed by atoms with E-state index in [9.17, 15) is 18.4 Å². The van der Waals surface area contributed by atoms with Crippen molar-refractivity contribution in [3.05, 3.63) is 33.8 Å². The number of carbonyl (C=O) groups excluding carboxylic acids is 1. The number of halogens is 3. The number of hydrogen-bond donors (Lipinski definition) is 1. The van der Waals surface area contributed by atoms with E-state index < -0.39 is 29.0 Å². The molecule has 6 heteroatoms. The third-order valence-corrected chi connectivity index (χ3v) is 1.89. The van der Waals surface area contributed by atoms with Crippen LogP contribution in [0.2, 0.25) is 0 Å². The topological polar surface area (TPSA) is 54.4 Å². The number of benzene rings is 1. The molecule has 0 spiro atoms. The SMILES string of the molecule is O=C(O)C(=O)c1c(F)cc(Br)cc1F. The molecule has 0 unspecified atom stereocenters. The van der Waals surface area contributed by atoms with Gasteiger partial charge in [0.1, 0.15) is 17.2 Å². The second kappa shape index (κ2) is 3.83. The summed E-state index contributed by atoms with van der Waals surface area (Å²) in [6.45, 7) is 0. The van der Waals surface area contributed by atoms with E-state index in [1.54, 1.807) is 0 Å². The maximum atomic E-state index is 13.0. The molecule has 0 heterocycles. The molecular weight excluding hydrogens is 262 g/mol. The van der Waals surface area contributed by atoms with Crippen LogP contribution in [0.3, 0.4) is 0 Å². The Hall–Kier alpha value is -1.30. The van der Waals surface area contributed by atoms with Gasteiger partial charge in [0.25, 0.3) is 5.78 Å². The number of aliphatic carboxylic acids is 1. The molecule has 0 aliphatic heterocycles. The number of carboxylic acid groups (broad SMARTS) is 1. The zero-order valence-corrected chi connectivity index (χ0v) is 8.14. The maximum absolute atomic E-state index is 13.0. The maximum Gasteiger partial charge on any atom is 0.377 e. The van der Waals surface area contributed by atoms with Gasteiger partial charge in [-0.3, -0.25) is 4.79 Å². The Bertz CT molecular complexity index is 394. The molecule has 3 nitrogen and oxygen atoms in total. The zero-order valence-electron chi connectivity index (χ0n) is 6.55. The molecule has 0 bridgehead atoms. The van der Waals surface area contributed by atoms with Crippen LogP contribution in [0.25, 0.3) is 0 Å². The Morgan fingerprint density at radius 1 is 1.21 bits per heavy atom. The first kappa shape index (κ1) is 10.8. The van der Waals surface area contributed by atoms with Crippen molar-refractivity contribution in [2.24, 2.45) is 0 Å². The normalized spacial score (nSPS) is 9.93. The molecule has 0 saturated carbocycles. The average Bonchev–Trinajstić information content (AvgIpc) is 2.01. The molecule has 1 aromatic carbocycles. The van der Waals surface area contributed by atoms with Crippen LogP contribution in [0.5, 0.6) is 0 Å². The monoisotopic (exact) mass is 264 g/mol. The van der Waals surface area contributed by atoms with Crippen molar-refractivity contribution >= 4 is 27.7 Å². The van der Waals surface area contributed by atoms with E-state index in [0.29, 0.717) is 0 Å². The summed E-state index contributed by atoms with van der Waals surface area (Å²) >= 11 is 2.79. The number of carboxylic acids is 1. The Kier molecular flexibility index (Phi) is 2.95. The number of ketones is 1. The van der Waals surface area contributed by atoms with Crippen LogP contribution in [0.4, 0.5) is 8.78 Å². The minimum absolute atomic E-state index is 0.0921. The highest BCUT2D eigenvalue weighted by molar-refractivity contribution is 9.10. The molecule has 74 valence electrons. The van der Waals surface area contributed by atoms with Gasteiger partial charge in [-0.15, -0.1) is 0 Å². The highest BCUT2D eigenvalue weighted by Gasteiger charge is 2.23. The number of rotatable bonds is 2. The molecule has 0 aliphatic rings. The van der Waals surface area contributed by atoms with E-state index >= 15 is 0 Å². The molecule has 0 atom stereocenters. The fourth-order valence-corrected chi connectivity index (χ4v) is 1.27. The Morgan fingerprint density at radius 2 is 1.64 bits per heavy atom. The number of Topliss-reactive ketones (excluding diaryl/α,β-unsaturated/α-hetero) is 1. The molecule has 0 saturated heterocycles. The summed E-state index contributed by atoms with van der Waals surface area (Å²) in [5.41, 5.74) is -1.05. The first-order valence-electron chi connectivity index (χ1n) is 3.35. The lowest BCUT2D eigenvalue weighted by Crippen LogP contribution is -2.16. The fraction of sp³-hybridized carbons (Fsp3) is 0. The average molecular weight is 265 g/mol. The summed E-state index contributed by atoms with van der Waals surface area (Å²) in [7, 11) is 0. The van der Waals surface area contributed by atoms with Crippen LogP contribution >= 0.6 is 15.9 Å². The Morgan fingerprint density at radius 3 is 2.00 bits per heavy atom. The highest BCUT2D eigenvalue weighted by Crippen LogP contribution is 2.19. The smallest absolute Gasteiger partial charge is 0.377 e. The lowest BCUT2D eigenvalue weighted by Gasteiger charge is -2.01. The summed E-state index contributed by atoms with van der Waals surface area (Å²) in [5, 5.41) is 8.26. The van der Waals surface area contributed by atoms with Gasteiger partial charge >= 0.3 is 5.97 Å². The van der Waals surface area contributed by atoms with Gasteiger partial charge in [0.2, 0.25) is 0 Å². The minimum Gasteiger partial charge on any atom is -0.475 e. The molecule has 0 aromatic heterocycles. The van der Waals surface area contributed by atoms with Gasteiger partial charge in [-0.05, 0) is 12.1 Å². The number of hydrogen-bond acceptors (Lipinski definition) is 2. The second-order valence-corrected chi connectivity index (χ2v) is 3.29. The van der Waals surface area contributed by atoms with Crippen molar-refractivity contribution in [2.45, 2.75) is 0 Å². The van der Waals surface area contributed by atoms with Crippen molar-refractivity contribution in [3.63, 3.8) is 0 Å². The van der Waals surface area contributed by atoms with Gasteiger partial charge in [0, 0.05) is 4.47 Å². The Labute approximate surface area is 85.5 Å². The highest BCUT2D eigenvalue weighted by atomic mass is 79.9. The van der Waals surface area contributed by atoms with Crippen molar-refractivity contribution < 1.29 is 23.5 Å². The summed E-state index contributed by atoms with van der Waals surface area (Å²) < 4.78 is 26.0. The lowest BCUT2D eigenvalue weighted by molar-refractivity contribution is -0.131. The van der Waals surface area contributed by atoms with Gasteiger partial charge in [0.05, 0.1) is 0 Å². The van der Waals surface area contributed by atoms with Gasteiger partial charge in [-0.25, -0.2) is 13.6 Å². The standard InChI is InChI=1S/C8H3BrF2O3/c9-3-1-4(10)6(5(11)2-3)7(12)8(13)14/h1-2H,(H,13,14). The third kappa shape index (κ3) is 1.95. The van der Waals surface area contributed by atoms with Crippen LogP contribution in [-0.4, -0.2) is 16.9 Å². The second-order valence-electron chi connectivity index (χ2n) is 2.38. The van der Waals surface area contributed by atoms with Crippen LogP contribution in [0.1, 0.15) is 10.4 Å². The van der Waals surface area contributed by atoms with Crippen molar-refractivity contribution in [1.82, 2.24) is 0 Å². The van der Waals surface area contributed by atoms with Crippen LogP contribution in [-0.2, 0) is 4.79 Å². The molecule has 0 amide bonds. The van der Waals surface area contributed by atoms with Crippen molar-refractivity contribution in [2.75, 3.05) is 0 Å². The van der Waals surface area contributed by atoms with E-state index in [4.69, 9.17) is 5.11 Å². The predicted molar refractivity (Wildman–Crippen MR) is 46.0 cm³/mol. The summed E-state index contributed by atoms with van der Waals surface area (Å²) in [4.78, 5) is 21.0. The van der Waals surface area contributed by atoms with Gasteiger partial charge in [0.15, 0.2) is 0 Å². The summed E-state index contributed by atoms with van der Waals surface area (Å²) in [5.74, 6) is -5.91. The predicted octanol–water partition coefficient (Wildman–Crippen LogP) is 1.99. The van der Waals surface area contributed by atoms with Crippen molar-refractivity contribution in [3.8, 4) is 0 Å². The van der Waals surface area contributed by atoms with Crippen molar-refractivity contribution in [1.29, 1.82) is 0 Å². The van der Waals surface area contributed by atoms with Crippen LogP contribution < -0.4 is 0 Å². The fourth-order valence-electron chi connectivity index (χ4n) is 0.866. The van der Waals surface area contributed by atoms with E-state index in [1.807, 2.05) is 0 Å². The lowest BCUT2D eigenvalue weighted by atomic mass is 10.1. The largest absolute Gasteiger partial charge is 0.475 e. The zero-order chi connectivity index (χ0) is 10.9. The molecule has 0 fully saturated rings. The van der Waals surface area contributed by atoms with Gasteiger partial charge in [-0.2, -0.15) is 0 Å². The molecule has 0 aliphatic carbocycles. The first-order valence-corrected chi connectivity index (χ1v) is 4.15. The summed E-state index contributed by atoms with van der Waals surface area (Å²) in [6.07, 6.45) is 0. The number of carbonyl (C=O) groups is 2. The molecule has 1 rings (SSSR count). The quantitative estimate of drug-likeness (QED) is 0.657. The molecule has 1 aromatic rings.